The van der Waals surface area contributed by atoms with Crippen LogP contribution in [0.25, 0.3) is 0 Å². The second-order valence-electron chi connectivity index (χ2n) is 9.05. The van der Waals surface area contributed by atoms with E-state index >= 15 is 0 Å². The SMILES string of the molecule is C[C@@H](OCc1ccccc1)[C@H](NC(=O)OC(C)(C)C)C(=O)OC/C=C/C(=O)OCC(=O)c1ccccc1. The first kappa shape index (κ1) is 29.3. The molecule has 0 radical (unpaired) electrons. The summed E-state index contributed by atoms with van der Waals surface area (Å²) in [5.74, 6) is -1.87. The van der Waals surface area contributed by atoms with Crippen molar-refractivity contribution in [3.05, 3.63) is 83.9 Å². The molecule has 2 rings (SSSR count). The van der Waals surface area contributed by atoms with Crippen molar-refractivity contribution in [3.8, 4) is 0 Å². The molecule has 2 aromatic carbocycles. The van der Waals surface area contributed by atoms with Gasteiger partial charge in [0.1, 0.15) is 12.2 Å². The number of benzene rings is 2. The normalized spacial score (nSPS) is 12.9. The number of ether oxygens (including phenoxy) is 4. The van der Waals surface area contributed by atoms with Crippen molar-refractivity contribution in [1.29, 1.82) is 0 Å². The number of carbonyl (C=O) groups excluding carboxylic acids is 4. The largest absolute Gasteiger partial charge is 0.460 e. The summed E-state index contributed by atoms with van der Waals surface area (Å²) in [6, 6.07) is 16.6. The number of nitrogens with one attached hydrogen (secondary N) is 1. The Kier molecular flexibility index (Phi) is 11.5. The molecular formula is C28H33NO8. The van der Waals surface area contributed by atoms with Crippen LogP contribution < -0.4 is 5.32 Å². The van der Waals surface area contributed by atoms with Gasteiger partial charge < -0.3 is 24.3 Å². The number of Topliss-reactive ketones (excluding diaryl/α,β-unsaturated/α-hetero) is 1. The maximum absolute atomic E-state index is 12.7. The van der Waals surface area contributed by atoms with Crippen LogP contribution in [0.4, 0.5) is 4.79 Å². The second-order valence-corrected chi connectivity index (χ2v) is 9.05. The van der Waals surface area contributed by atoms with Crippen molar-refractivity contribution < 1.29 is 38.1 Å². The summed E-state index contributed by atoms with van der Waals surface area (Å²) < 4.78 is 21.2. The Hall–Kier alpha value is -3.98. The Morgan fingerprint density at radius 3 is 2.16 bits per heavy atom. The molecule has 1 N–H and O–H groups in total. The minimum absolute atomic E-state index is 0.217. The van der Waals surface area contributed by atoms with Crippen LogP contribution in [0.1, 0.15) is 43.6 Å². The molecule has 0 spiro atoms. The van der Waals surface area contributed by atoms with Crippen LogP contribution in [0.15, 0.2) is 72.8 Å². The van der Waals surface area contributed by atoms with Gasteiger partial charge in [-0.3, -0.25) is 4.79 Å². The highest BCUT2D eigenvalue weighted by Crippen LogP contribution is 2.11. The number of carbonyl (C=O) groups is 4. The lowest BCUT2D eigenvalue weighted by molar-refractivity contribution is -0.149. The van der Waals surface area contributed by atoms with Crippen LogP contribution in [0, 0.1) is 0 Å². The summed E-state index contributed by atoms with van der Waals surface area (Å²) in [6.07, 6.45) is 0.773. The van der Waals surface area contributed by atoms with Gasteiger partial charge in [-0.15, -0.1) is 0 Å². The van der Waals surface area contributed by atoms with Crippen LogP contribution in [0.3, 0.4) is 0 Å². The lowest BCUT2D eigenvalue weighted by Gasteiger charge is -2.26. The molecule has 198 valence electrons. The lowest BCUT2D eigenvalue weighted by Crippen LogP contribution is -2.50. The van der Waals surface area contributed by atoms with E-state index in [9.17, 15) is 19.2 Å². The minimum Gasteiger partial charge on any atom is -0.460 e. The predicted molar refractivity (Wildman–Crippen MR) is 136 cm³/mol. The first-order valence-electron chi connectivity index (χ1n) is 11.8. The van der Waals surface area contributed by atoms with Gasteiger partial charge in [-0.25, -0.2) is 14.4 Å². The topological polar surface area (TPSA) is 117 Å². The van der Waals surface area contributed by atoms with Crippen LogP contribution in [0.2, 0.25) is 0 Å². The molecule has 2 aromatic rings. The molecule has 9 nitrogen and oxygen atoms in total. The standard InChI is InChI=1S/C28H33NO8/c1-20(35-18-21-12-7-5-8-13-21)25(29-27(33)37-28(2,3)4)26(32)34-17-11-16-24(31)36-19-23(30)22-14-9-6-10-15-22/h5-16,20,25H,17-19H2,1-4H3,(H,29,33)/b16-11+/t20-,25+/m1/s1. The highest BCUT2D eigenvalue weighted by Gasteiger charge is 2.31. The summed E-state index contributed by atoms with van der Waals surface area (Å²) in [4.78, 5) is 48.9. The molecule has 37 heavy (non-hydrogen) atoms. The maximum Gasteiger partial charge on any atom is 0.408 e. The predicted octanol–water partition coefficient (Wildman–Crippen LogP) is 4.01. The van der Waals surface area contributed by atoms with Gasteiger partial charge in [0, 0.05) is 11.6 Å². The quantitative estimate of drug-likeness (QED) is 0.197. The molecule has 0 aliphatic rings. The molecule has 0 aliphatic carbocycles. The Balaban J connectivity index is 1.88. The molecule has 0 saturated carbocycles. The third kappa shape index (κ3) is 11.5. The molecule has 0 bridgehead atoms. The van der Waals surface area contributed by atoms with Gasteiger partial charge in [0.2, 0.25) is 0 Å². The van der Waals surface area contributed by atoms with Crippen LogP contribution >= 0.6 is 0 Å². The third-order valence-electron chi connectivity index (χ3n) is 4.77. The van der Waals surface area contributed by atoms with Gasteiger partial charge in [0.15, 0.2) is 18.4 Å². The summed E-state index contributed by atoms with van der Waals surface area (Å²) in [5.41, 5.74) is 0.559. The third-order valence-corrected chi connectivity index (χ3v) is 4.77. The molecule has 2 atom stereocenters. The van der Waals surface area contributed by atoms with Crippen molar-refractivity contribution in [1.82, 2.24) is 5.32 Å². The van der Waals surface area contributed by atoms with E-state index < -0.39 is 42.4 Å². The van der Waals surface area contributed by atoms with Crippen LogP contribution in [-0.4, -0.2) is 54.8 Å². The minimum atomic E-state index is -1.16. The maximum atomic E-state index is 12.7. The van der Waals surface area contributed by atoms with Crippen molar-refractivity contribution in [2.24, 2.45) is 0 Å². The molecule has 1 amide bonds. The van der Waals surface area contributed by atoms with Crippen molar-refractivity contribution >= 4 is 23.8 Å². The zero-order valence-corrected chi connectivity index (χ0v) is 21.5. The first-order chi connectivity index (χ1) is 17.5. The molecule has 9 heteroatoms. The number of alkyl carbamates (subject to hydrolysis) is 1. The fourth-order valence-corrected chi connectivity index (χ4v) is 2.96. The number of esters is 2. The Bertz CT molecular complexity index is 1060. The number of hydrogen-bond donors (Lipinski definition) is 1. The van der Waals surface area contributed by atoms with E-state index in [1.165, 1.54) is 6.08 Å². The van der Waals surface area contributed by atoms with Gasteiger partial charge in [-0.2, -0.15) is 0 Å². The second kappa shape index (κ2) is 14.5. The van der Waals surface area contributed by atoms with Gasteiger partial charge in [-0.05, 0) is 39.3 Å². The highest BCUT2D eigenvalue weighted by atomic mass is 16.6. The smallest absolute Gasteiger partial charge is 0.408 e. The molecule has 0 aliphatic heterocycles. The van der Waals surface area contributed by atoms with E-state index in [-0.39, 0.29) is 19.0 Å². The zero-order chi connectivity index (χ0) is 27.3. The first-order valence-corrected chi connectivity index (χ1v) is 11.8. The van der Waals surface area contributed by atoms with Gasteiger partial charge in [-0.1, -0.05) is 60.7 Å². The fourth-order valence-electron chi connectivity index (χ4n) is 2.96. The number of amides is 1. The van der Waals surface area contributed by atoms with Crippen molar-refractivity contribution in [2.45, 2.75) is 52.0 Å². The number of ketones is 1. The van der Waals surface area contributed by atoms with Gasteiger partial charge in [0.25, 0.3) is 0 Å². The van der Waals surface area contributed by atoms with Crippen molar-refractivity contribution in [3.63, 3.8) is 0 Å². The Morgan fingerprint density at radius 2 is 1.54 bits per heavy atom. The Labute approximate surface area is 216 Å². The lowest BCUT2D eigenvalue weighted by atomic mass is 10.1. The zero-order valence-electron chi connectivity index (χ0n) is 21.5. The van der Waals surface area contributed by atoms with E-state index in [2.05, 4.69) is 5.32 Å². The van der Waals surface area contributed by atoms with Gasteiger partial charge >= 0.3 is 18.0 Å². The van der Waals surface area contributed by atoms with E-state index in [4.69, 9.17) is 18.9 Å². The van der Waals surface area contributed by atoms with E-state index in [1.807, 2.05) is 30.3 Å². The average molecular weight is 512 g/mol. The molecule has 0 unspecified atom stereocenters. The monoisotopic (exact) mass is 511 g/mol. The van der Waals surface area contributed by atoms with E-state index in [0.717, 1.165) is 11.6 Å². The number of rotatable bonds is 12. The number of hydrogen-bond acceptors (Lipinski definition) is 8. The molecule has 0 heterocycles. The van der Waals surface area contributed by atoms with E-state index in [0.29, 0.717) is 5.56 Å². The summed E-state index contributed by atoms with van der Waals surface area (Å²) in [6.45, 7) is 6.27. The van der Waals surface area contributed by atoms with Crippen LogP contribution in [-0.2, 0) is 35.1 Å². The van der Waals surface area contributed by atoms with E-state index in [1.54, 1.807) is 58.0 Å². The summed E-state index contributed by atoms with van der Waals surface area (Å²) in [5, 5.41) is 2.49. The average Bonchev–Trinajstić information content (AvgIpc) is 2.87. The molecule has 0 fully saturated rings. The van der Waals surface area contributed by atoms with Gasteiger partial charge in [0.05, 0.1) is 12.7 Å². The molecular weight excluding hydrogens is 478 g/mol. The van der Waals surface area contributed by atoms with Crippen molar-refractivity contribution in [2.75, 3.05) is 13.2 Å². The molecule has 0 aromatic heterocycles. The highest BCUT2D eigenvalue weighted by molar-refractivity contribution is 5.98. The molecule has 0 saturated heterocycles. The van der Waals surface area contributed by atoms with Crippen LogP contribution in [0.5, 0.6) is 0 Å². The fraction of sp³-hybridized carbons (Fsp3) is 0.357. The Morgan fingerprint density at radius 1 is 0.919 bits per heavy atom. The summed E-state index contributed by atoms with van der Waals surface area (Å²) >= 11 is 0. The summed E-state index contributed by atoms with van der Waals surface area (Å²) in [7, 11) is 0.